The van der Waals surface area contributed by atoms with Crippen LogP contribution in [0.3, 0.4) is 0 Å². The molecular weight excluding hydrogens is 378 g/mol. The fourth-order valence-electron chi connectivity index (χ4n) is 2.91. The number of rotatable bonds is 5. The van der Waals surface area contributed by atoms with Gasteiger partial charge in [0.1, 0.15) is 11.5 Å². The molecule has 0 spiro atoms. The number of aryl methyl sites for hydroxylation is 2. The number of hydrogen-bond acceptors (Lipinski definition) is 8. The van der Waals surface area contributed by atoms with E-state index < -0.39 is 5.91 Å². The van der Waals surface area contributed by atoms with E-state index >= 15 is 0 Å². The number of furan rings is 1. The van der Waals surface area contributed by atoms with Crippen LogP contribution in [0.2, 0.25) is 0 Å². The van der Waals surface area contributed by atoms with Crippen molar-refractivity contribution in [2.24, 2.45) is 0 Å². The Morgan fingerprint density at radius 2 is 2.00 bits per heavy atom. The van der Waals surface area contributed by atoms with Crippen molar-refractivity contribution >= 4 is 28.7 Å². The summed E-state index contributed by atoms with van der Waals surface area (Å²) in [7, 11) is 1.53. The smallest absolute Gasteiger partial charge is 0.259 e. The Morgan fingerprint density at radius 3 is 2.69 bits per heavy atom. The van der Waals surface area contributed by atoms with Gasteiger partial charge in [-0.15, -0.1) is 0 Å². The molecule has 4 rings (SSSR count). The number of carbonyl (C=O) groups is 2. The lowest BCUT2D eigenvalue weighted by Crippen LogP contribution is -2.35. The highest BCUT2D eigenvalue weighted by Crippen LogP contribution is 2.28. The molecule has 0 saturated carbocycles. The Kier molecular flexibility index (Phi) is 4.59. The number of pyridine rings is 1. The number of nitrogens with one attached hydrogen (secondary N) is 1. The van der Waals surface area contributed by atoms with Gasteiger partial charge in [0.2, 0.25) is 5.91 Å². The monoisotopic (exact) mass is 395 g/mol. The molecule has 0 fully saturated rings. The van der Waals surface area contributed by atoms with Crippen LogP contribution in [-0.4, -0.2) is 45.6 Å². The van der Waals surface area contributed by atoms with Gasteiger partial charge in [0.25, 0.3) is 11.6 Å². The lowest BCUT2D eigenvalue weighted by Gasteiger charge is -2.17. The summed E-state index contributed by atoms with van der Waals surface area (Å²) in [5.41, 5.74) is 1.49. The summed E-state index contributed by atoms with van der Waals surface area (Å²) < 4.78 is 15.5. The first-order chi connectivity index (χ1) is 13.9. The molecule has 148 valence electrons. The number of hydrogen-bond donors (Lipinski definition) is 1. The lowest BCUT2D eigenvalue weighted by atomic mass is 10.1. The zero-order valence-corrected chi connectivity index (χ0v) is 15.9. The first kappa shape index (κ1) is 18.4. The van der Waals surface area contributed by atoms with Crippen LogP contribution in [0.4, 0.5) is 5.82 Å². The highest BCUT2D eigenvalue weighted by atomic mass is 16.5. The minimum Gasteiger partial charge on any atom is -0.463 e. The maximum atomic E-state index is 13.1. The summed E-state index contributed by atoms with van der Waals surface area (Å²) in [6.07, 6.45) is 1.51. The molecule has 1 N–H and O–H groups in total. The summed E-state index contributed by atoms with van der Waals surface area (Å²) >= 11 is 0. The third-order valence-electron chi connectivity index (χ3n) is 4.24. The molecule has 0 aliphatic carbocycles. The van der Waals surface area contributed by atoms with Crippen molar-refractivity contribution in [2.45, 2.75) is 13.8 Å². The standard InChI is InChI=1S/C19H17N5O5/c1-10-7-15(23-28-10)21-16(25)9-24(3)19(26)12-8-13(14-5-4-6-27-14)20-18-17(12)11(2)22-29-18/h4-8H,9H2,1-3H3,(H,21,23,25). The van der Waals surface area contributed by atoms with E-state index in [1.165, 1.54) is 18.2 Å². The molecule has 0 saturated heterocycles. The number of nitrogens with zero attached hydrogens (tertiary/aromatic N) is 4. The van der Waals surface area contributed by atoms with Crippen LogP contribution < -0.4 is 5.32 Å². The van der Waals surface area contributed by atoms with Crippen LogP contribution >= 0.6 is 0 Å². The number of likely N-dealkylation sites (N-methyl/N-ethyl adjacent to an activating group) is 1. The van der Waals surface area contributed by atoms with Gasteiger partial charge in [-0.2, -0.15) is 0 Å². The van der Waals surface area contributed by atoms with Crippen LogP contribution in [0, 0.1) is 13.8 Å². The van der Waals surface area contributed by atoms with Gasteiger partial charge in [-0.3, -0.25) is 9.59 Å². The van der Waals surface area contributed by atoms with Crippen molar-refractivity contribution in [3.63, 3.8) is 0 Å². The average molecular weight is 395 g/mol. The molecule has 0 atom stereocenters. The topological polar surface area (TPSA) is 128 Å². The second kappa shape index (κ2) is 7.23. The van der Waals surface area contributed by atoms with E-state index in [9.17, 15) is 9.59 Å². The van der Waals surface area contributed by atoms with Gasteiger partial charge in [-0.05, 0) is 32.0 Å². The van der Waals surface area contributed by atoms with Crippen LogP contribution in [0.15, 0.2) is 44.0 Å². The normalized spacial score (nSPS) is 11.0. The van der Waals surface area contributed by atoms with E-state index in [1.807, 2.05) is 0 Å². The van der Waals surface area contributed by atoms with Crippen molar-refractivity contribution < 1.29 is 23.1 Å². The van der Waals surface area contributed by atoms with E-state index in [0.29, 0.717) is 33.9 Å². The number of carbonyl (C=O) groups excluding carboxylic acids is 2. The highest BCUT2D eigenvalue weighted by Gasteiger charge is 2.23. The zero-order valence-electron chi connectivity index (χ0n) is 15.9. The maximum Gasteiger partial charge on any atom is 0.259 e. The van der Waals surface area contributed by atoms with Crippen LogP contribution in [0.1, 0.15) is 21.8 Å². The third kappa shape index (κ3) is 3.59. The van der Waals surface area contributed by atoms with E-state index in [1.54, 1.807) is 38.1 Å². The quantitative estimate of drug-likeness (QED) is 0.546. The maximum absolute atomic E-state index is 13.1. The third-order valence-corrected chi connectivity index (χ3v) is 4.24. The second-order valence-electron chi connectivity index (χ2n) is 6.51. The molecular formula is C19H17N5O5. The molecule has 4 heterocycles. The first-order valence-electron chi connectivity index (χ1n) is 8.72. The number of anilines is 1. The molecule has 29 heavy (non-hydrogen) atoms. The minimum atomic E-state index is -0.409. The Balaban J connectivity index is 1.61. The first-order valence-corrected chi connectivity index (χ1v) is 8.72. The summed E-state index contributed by atoms with van der Waals surface area (Å²) in [4.78, 5) is 31.0. The van der Waals surface area contributed by atoms with Crippen LogP contribution in [-0.2, 0) is 4.79 Å². The van der Waals surface area contributed by atoms with Crippen molar-refractivity contribution in [3.05, 3.63) is 47.5 Å². The largest absolute Gasteiger partial charge is 0.463 e. The van der Waals surface area contributed by atoms with Gasteiger partial charge in [0.15, 0.2) is 11.6 Å². The van der Waals surface area contributed by atoms with Crippen LogP contribution in [0.5, 0.6) is 0 Å². The van der Waals surface area contributed by atoms with Gasteiger partial charge < -0.3 is 23.7 Å². The van der Waals surface area contributed by atoms with Gasteiger partial charge in [-0.1, -0.05) is 10.3 Å². The fourth-order valence-corrected chi connectivity index (χ4v) is 2.91. The molecule has 0 aliphatic heterocycles. The van der Waals surface area contributed by atoms with E-state index in [4.69, 9.17) is 13.5 Å². The molecule has 0 aliphatic rings. The van der Waals surface area contributed by atoms with Gasteiger partial charge in [-0.25, -0.2) is 4.98 Å². The zero-order chi connectivity index (χ0) is 20.5. The second-order valence-corrected chi connectivity index (χ2v) is 6.51. The predicted molar refractivity (Wildman–Crippen MR) is 101 cm³/mol. The van der Waals surface area contributed by atoms with Crippen molar-refractivity contribution in [3.8, 4) is 11.5 Å². The van der Waals surface area contributed by atoms with Gasteiger partial charge >= 0.3 is 0 Å². The fraction of sp³-hybridized carbons (Fsp3) is 0.211. The Bertz CT molecular complexity index is 1190. The van der Waals surface area contributed by atoms with Gasteiger partial charge in [0, 0.05) is 13.1 Å². The molecule has 4 aromatic rings. The van der Waals surface area contributed by atoms with E-state index in [-0.39, 0.29) is 24.0 Å². The number of aromatic nitrogens is 3. The van der Waals surface area contributed by atoms with Crippen molar-refractivity contribution in [2.75, 3.05) is 18.9 Å². The van der Waals surface area contributed by atoms with E-state index in [2.05, 4.69) is 20.6 Å². The van der Waals surface area contributed by atoms with Gasteiger partial charge in [0.05, 0.1) is 29.5 Å². The predicted octanol–water partition coefficient (Wildman–Crippen LogP) is 2.80. The molecule has 10 nitrogen and oxygen atoms in total. The molecule has 0 unspecified atom stereocenters. The minimum absolute atomic E-state index is 0.186. The summed E-state index contributed by atoms with van der Waals surface area (Å²) in [6.45, 7) is 3.25. The molecule has 0 radical (unpaired) electrons. The summed E-state index contributed by atoms with van der Waals surface area (Å²) in [5.74, 6) is 0.541. The summed E-state index contributed by atoms with van der Waals surface area (Å²) in [6, 6.07) is 6.63. The Hall–Kier alpha value is -3.95. The number of amides is 2. The molecule has 0 bridgehead atoms. The SMILES string of the molecule is Cc1cc(NC(=O)CN(C)C(=O)c2cc(-c3ccco3)nc3onc(C)c23)no1. The molecule has 4 aromatic heterocycles. The highest BCUT2D eigenvalue weighted by molar-refractivity contribution is 6.08. The Labute approximate surface area is 164 Å². The lowest BCUT2D eigenvalue weighted by molar-refractivity contribution is -0.116. The summed E-state index contributed by atoms with van der Waals surface area (Å²) in [5, 5.41) is 10.7. The van der Waals surface area contributed by atoms with Crippen LogP contribution in [0.25, 0.3) is 22.6 Å². The van der Waals surface area contributed by atoms with Crippen molar-refractivity contribution in [1.29, 1.82) is 0 Å². The molecule has 2 amide bonds. The molecule has 10 heteroatoms. The average Bonchev–Trinajstić information content (AvgIpc) is 3.43. The van der Waals surface area contributed by atoms with Crippen molar-refractivity contribution in [1.82, 2.24) is 20.2 Å². The number of fused-ring (bicyclic) bond motifs is 1. The molecule has 0 aromatic carbocycles. The Morgan fingerprint density at radius 1 is 1.17 bits per heavy atom. The van der Waals surface area contributed by atoms with E-state index in [0.717, 1.165) is 0 Å².